The Labute approximate surface area is 106 Å². The minimum atomic E-state index is 0.0567. The minimum Gasteiger partial charge on any atom is -0.384 e. The van der Waals surface area contributed by atoms with Crippen LogP contribution in [-0.2, 0) is 6.54 Å². The third-order valence-electron chi connectivity index (χ3n) is 2.66. The second-order valence-electron chi connectivity index (χ2n) is 3.90. The predicted octanol–water partition coefficient (Wildman–Crippen LogP) is 1.54. The van der Waals surface area contributed by atoms with Crippen LogP contribution in [0, 0.1) is 22.7 Å². The fourth-order valence-electron chi connectivity index (χ4n) is 1.76. The van der Waals surface area contributed by atoms with Gasteiger partial charge in [0.15, 0.2) is 0 Å². The fourth-order valence-corrected chi connectivity index (χ4v) is 1.76. The van der Waals surface area contributed by atoms with Crippen LogP contribution in [-0.4, -0.2) is 13.1 Å². The molecule has 5 heteroatoms. The molecule has 0 fully saturated rings. The van der Waals surface area contributed by atoms with Crippen molar-refractivity contribution in [2.24, 2.45) is 0 Å². The summed E-state index contributed by atoms with van der Waals surface area (Å²) in [6, 6.07) is 9.53. The first-order valence-electron chi connectivity index (χ1n) is 5.68. The Kier molecular flexibility index (Phi) is 3.80. The molecule has 0 saturated carbocycles. The van der Waals surface area contributed by atoms with Crippen LogP contribution >= 0.6 is 0 Å². The lowest BCUT2D eigenvalue weighted by Gasteiger charge is -2.09. The maximum Gasteiger partial charge on any atom is 0.145 e. The van der Waals surface area contributed by atoms with E-state index in [2.05, 4.69) is 16.0 Å². The van der Waals surface area contributed by atoms with Gasteiger partial charge in [0.2, 0.25) is 0 Å². The van der Waals surface area contributed by atoms with Crippen molar-refractivity contribution in [2.75, 3.05) is 23.7 Å². The number of allylic oxidation sites excluding steroid dienone is 1. The molecule has 0 radical (unpaired) electrons. The number of rotatable bonds is 2. The molecule has 1 aliphatic rings. The van der Waals surface area contributed by atoms with Crippen molar-refractivity contribution in [3.63, 3.8) is 0 Å². The molecule has 1 aromatic carbocycles. The number of nitrogens with zero attached hydrogens (tertiary/aromatic N) is 2. The van der Waals surface area contributed by atoms with Crippen LogP contribution in [0.2, 0.25) is 0 Å². The maximum absolute atomic E-state index is 8.63. The Bertz CT molecular complexity index is 531. The standard InChI is InChI=1S/C13H13N5/c14-6-10(7-15)8-18-12-1-2-13-11(5-12)9-16-3-4-17-13/h1-2,5,8,16-18H,3-4,9H2. The van der Waals surface area contributed by atoms with Crippen molar-refractivity contribution in [2.45, 2.75) is 6.54 Å². The molecule has 2 rings (SSSR count). The molecule has 0 bridgehead atoms. The van der Waals surface area contributed by atoms with Crippen molar-refractivity contribution in [3.05, 3.63) is 35.5 Å². The molecule has 0 aliphatic carbocycles. The highest BCUT2D eigenvalue weighted by Crippen LogP contribution is 2.21. The number of fused-ring (bicyclic) bond motifs is 1. The van der Waals surface area contributed by atoms with Gasteiger partial charge in [0, 0.05) is 37.2 Å². The van der Waals surface area contributed by atoms with E-state index in [1.54, 1.807) is 0 Å². The molecule has 0 aromatic heterocycles. The van der Waals surface area contributed by atoms with Crippen molar-refractivity contribution in [1.29, 1.82) is 10.5 Å². The smallest absolute Gasteiger partial charge is 0.145 e. The number of nitrogens with one attached hydrogen (secondary N) is 3. The van der Waals surface area contributed by atoms with E-state index < -0.39 is 0 Å². The molecular formula is C13H13N5. The van der Waals surface area contributed by atoms with E-state index in [1.165, 1.54) is 11.8 Å². The summed E-state index contributed by atoms with van der Waals surface area (Å²) in [4.78, 5) is 0. The molecule has 3 N–H and O–H groups in total. The highest BCUT2D eigenvalue weighted by molar-refractivity contribution is 5.61. The van der Waals surface area contributed by atoms with Gasteiger partial charge in [0.25, 0.3) is 0 Å². The molecule has 1 heterocycles. The van der Waals surface area contributed by atoms with Crippen LogP contribution in [0.4, 0.5) is 11.4 Å². The lowest BCUT2D eigenvalue weighted by molar-refractivity contribution is 0.725. The van der Waals surface area contributed by atoms with E-state index in [0.29, 0.717) is 0 Å². The first-order chi connectivity index (χ1) is 8.83. The molecular weight excluding hydrogens is 226 g/mol. The number of hydrogen-bond donors (Lipinski definition) is 3. The molecule has 90 valence electrons. The molecule has 1 aromatic rings. The van der Waals surface area contributed by atoms with Gasteiger partial charge in [-0.25, -0.2) is 0 Å². The molecule has 1 aliphatic heterocycles. The van der Waals surface area contributed by atoms with Crippen LogP contribution in [0.3, 0.4) is 0 Å². The number of benzene rings is 1. The van der Waals surface area contributed by atoms with E-state index >= 15 is 0 Å². The van der Waals surface area contributed by atoms with Gasteiger partial charge >= 0.3 is 0 Å². The minimum absolute atomic E-state index is 0.0567. The zero-order valence-electron chi connectivity index (χ0n) is 9.83. The quantitative estimate of drug-likeness (QED) is 0.682. The zero-order valence-corrected chi connectivity index (χ0v) is 9.83. The zero-order chi connectivity index (χ0) is 12.8. The number of anilines is 2. The van der Waals surface area contributed by atoms with Gasteiger partial charge in [-0.2, -0.15) is 10.5 Å². The molecule has 5 nitrogen and oxygen atoms in total. The third kappa shape index (κ3) is 2.79. The Balaban J connectivity index is 2.17. The topological polar surface area (TPSA) is 83.7 Å². The second-order valence-corrected chi connectivity index (χ2v) is 3.90. The highest BCUT2D eigenvalue weighted by atomic mass is 15.0. The lowest BCUT2D eigenvalue weighted by atomic mass is 10.1. The molecule has 0 saturated heterocycles. The largest absolute Gasteiger partial charge is 0.384 e. The molecule has 0 amide bonds. The van der Waals surface area contributed by atoms with Crippen molar-refractivity contribution < 1.29 is 0 Å². The van der Waals surface area contributed by atoms with Crippen LogP contribution < -0.4 is 16.0 Å². The van der Waals surface area contributed by atoms with Gasteiger partial charge in [-0.05, 0) is 23.8 Å². The first-order valence-corrected chi connectivity index (χ1v) is 5.68. The molecule has 0 atom stereocenters. The summed E-state index contributed by atoms with van der Waals surface area (Å²) in [7, 11) is 0. The van der Waals surface area contributed by atoms with Crippen LogP contribution in [0.25, 0.3) is 0 Å². The van der Waals surface area contributed by atoms with Gasteiger partial charge in [-0.1, -0.05) is 0 Å². The highest BCUT2D eigenvalue weighted by Gasteiger charge is 2.06. The SMILES string of the molecule is N#CC(C#N)=CNc1ccc2c(c1)CNCCN2. The number of hydrogen-bond acceptors (Lipinski definition) is 5. The summed E-state index contributed by atoms with van der Waals surface area (Å²) < 4.78 is 0. The fraction of sp³-hybridized carbons (Fsp3) is 0.231. The van der Waals surface area contributed by atoms with Gasteiger partial charge in [0.05, 0.1) is 0 Å². The Morgan fingerprint density at radius 3 is 2.89 bits per heavy atom. The van der Waals surface area contributed by atoms with Crippen molar-refractivity contribution >= 4 is 11.4 Å². The predicted molar refractivity (Wildman–Crippen MR) is 69.6 cm³/mol. The first kappa shape index (κ1) is 12.0. The maximum atomic E-state index is 8.63. The average molecular weight is 239 g/mol. The molecule has 0 unspecified atom stereocenters. The van der Waals surface area contributed by atoms with E-state index in [0.717, 1.165) is 31.0 Å². The molecule has 0 spiro atoms. The third-order valence-corrected chi connectivity index (χ3v) is 2.66. The monoisotopic (exact) mass is 239 g/mol. The van der Waals surface area contributed by atoms with Crippen molar-refractivity contribution in [1.82, 2.24) is 5.32 Å². The van der Waals surface area contributed by atoms with E-state index in [4.69, 9.17) is 10.5 Å². The van der Waals surface area contributed by atoms with Gasteiger partial charge in [-0.15, -0.1) is 0 Å². The molecule has 18 heavy (non-hydrogen) atoms. The summed E-state index contributed by atoms with van der Waals surface area (Å²) in [6.07, 6.45) is 1.42. The van der Waals surface area contributed by atoms with Gasteiger partial charge in [0.1, 0.15) is 17.7 Å². The Morgan fingerprint density at radius 1 is 1.28 bits per heavy atom. The summed E-state index contributed by atoms with van der Waals surface area (Å²) in [6.45, 7) is 2.65. The Morgan fingerprint density at radius 2 is 2.11 bits per heavy atom. The van der Waals surface area contributed by atoms with Crippen molar-refractivity contribution in [3.8, 4) is 12.1 Å². The summed E-state index contributed by atoms with van der Waals surface area (Å²) in [5.74, 6) is 0. The van der Waals surface area contributed by atoms with Gasteiger partial charge in [-0.3, -0.25) is 0 Å². The summed E-state index contributed by atoms with van der Waals surface area (Å²) in [5.41, 5.74) is 3.21. The lowest BCUT2D eigenvalue weighted by Crippen LogP contribution is -2.16. The van der Waals surface area contributed by atoms with E-state index in [-0.39, 0.29) is 5.57 Å². The van der Waals surface area contributed by atoms with Crippen LogP contribution in [0.1, 0.15) is 5.56 Å². The summed E-state index contributed by atoms with van der Waals surface area (Å²) >= 11 is 0. The summed E-state index contributed by atoms with van der Waals surface area (Å²) in [5, 5.41) is 26.9. The number of nitriles is 2. The average Bonchev–Trinajstić information content (AvgIpc) is 2.64. The Hall–Kier alpha value is -2.50. The van der Waals surface area contributed by atoms with E-state index in [1.807, 2.05) is 30.3 Å². The normalized spacial score (nSPS) is 13.0. The van der Waals surface area contributed by atoms with E-state index in [9.17, 15) is 0 Å². The van der Waals surface area contributed by atoms with Crippen LogP contribution in [0.5, 0.6) is 0 Å². The van der Waals surface area contributed by atoms with Crippen LogP contribution in [0.15, 0.2) is 30.0 Å². The van der Waals surface area contributed by atoms with Gasteiger partial charge < -0.3 is 16.0 Å². The second kappa shape index (κ2) is 5.72.